The van der Waals surface area contributed by atoms with Gasteiger partial charge in [-0.15, -0.1) is 11.3 Å². The van der Waals surface area contributed by atoms with E-state index in [-0.39, 0.29) is 0 Å². The first-order valence-corrected chi connectivity index (χ1v) is 6.72. The van der Waals surface area contributed by atoms with Crippen LogP contribution in [0.4, 0.5) is 0 Å². The van der Waals surface area contributed by atoms with Crippen molar-refractivity contribution in [3.8, 4) is 0 Å². The molecule has 0 fully saturated rings. The highest BCUT2D eigenvalue weighted by Crippen LogP contribution is 2.20. The molecular formula is C13H18N2OS. The van der Waals surface area contributed by atoms with Crippen LogP contribution >= 0.6 is 11.3 Å². The predicted molar refractivity (Wildman–Crippen MR) is 70.4 cm³/mol. The van der Waals surface area contributed by atoms with E-state index in [0.29, 0.717) is 5.92 Å². The molecule has 0 radical (unpaired) electrons. The second-order valence-corrected chi connectivity index (χ2v) is 5.51. The molecule has 0 aliphatic carbocycles. The molecule has 0 saturated heterocycles. The van der Waals surface area contributed by atoms with Crippen molar-refractivity contribution < 1.29 is 5.11 Å². The average molecular weight is 250 g/mol. The number of rotatable bonds is 4. The Kier molecular flexibility index (Phi) is 3.64. The largest absolute Gasteiger partial charge is 0.389 e. The van der Waals surface area contributed by atoms with Crippen LogP contribution in [0.5, 0.6) is 0 Å². The summed E-state index contributed by atoms with van der Waals surface area (Å²) in [6.07, 6.45) is 3.55. The van der Waals surface area contributed by atoms with Crippen molar-refractivity contribution >= 4 is 11.3 Å². The fraction of sp³-hybridized carbons (Fsp3) is 0.462. The van der Waals surface area contributed by atoms with Gasteiger partial charge in [0.1, 0.15) is 0 Å². The van der Waals surface area contributed by atoms with E-state index in [9.17, 15) is 5.11 Å². The minimum atomic E-state index is -0.405. The van der Waals surface area contributed by atoms with Gasteiger partial charge < -0.3 is 9.67 Å². The lowest BCUT2D eigenvalue weighted by molar-refractivity contribution is 0.199. The highest BCUT2D eigenvalue weighted by atomic mass is 32.1. The summed E-state index contributed by atoms with van der Waals surface area (Å²) in [7, 11) is 0. The summed E-state index contributed by atoms with van der Waals surface area (Å²) in [6.45, 7) is 6.86. The molecule has 1 unspecified atom stereocenters. The van der Waals surface area contributed by atoms with Gasteiger partial charge in [0.25, 0.3) is 0 Å². The first-order valence-electron chi connectivity index (χ1n) is 5.84. The van der Waals surface area contributed by atoms with E-state index in [1.165, 1.54) is 5.01 Å². The van der Waals surface area contributed by atoms with Crippen molar-refractivity contribution in [3.05, 3.63) is 40.1 Å². The maximum atomic E-state index is 9.45. The fourth-order valence-corrected chi connectivity index (χ4v) is 2.48. The Morgan fingerprint density at radius 1 is 1.41 bits per heavy atom. The van der Waals surface area contributed by atoms with Gasteiger partial charge in [-0.05, 0) is 18.6 Å². The molecule has 0 bridgehead atoms. The maximum Gasteiger partial charge on any atom is 0.0954 e. The minimum absolute atomic E-state index is 0.405. The monoisotopic (exact) mass is 250 g/mol. The molecule has 0 aromatic carbocycles. The zero-order chi connectivity index (χ0) is 12.4. The summed E-state index contributed by atoms with van der Waals surface area (Å²) >= 11 is 1.72. The first kappa shape index (κ1) is 12.3. The maximum absolute atomic E-state index is 9.45. The Morgan fingerprint density at radius 2 is 2.18 bits per heavy atom. The van der Waals surface area contributed by atoms with E-state index in [0.717, 1.165) is 17.8 Å². The fourth-order valence-electron chi connectivity index (χ4n) is 1.65. The van der Waals surface area contributed by atoms with Gasteiger partial charge in [0.05, 0.1) is 23.4 Å². The summed E-state index contributed by atoms with van der Waals surface area (Å²) < 4.78 is 2.06. The smallest absolute Gasteiger partial charge is 0.0954 e. The zero-order valence-electron chi connectivity index (χ0n) is 10.4. The van der Waals surface area contributed by atoms with Crippen LogP contribution in [-0.4, -0.2) is 14.7 Å². The molecule has 2 aromatic heterocycles. The minimum Gasteiger partial charge on any atom is -0.389 e. The SMILES string of the molecule is CC(C)c1nc(Cn2ccc(C(C)O)c2)cs1. The summed E-state index contributed by atoms with van der Waals surface area (Å²) in [4.78, 5) is 4.59. The van der Waals surface area contributed by atoms with Gasteiger partial charge >= 0.3 is 0 Å². The molecule has 3 nitrogen and oxygen atoms in total. The standard InChI is InChI=1S/C13H18N2OS/c1-9(2)13-14-12(8-17-13)7-15-5-4-11(6-15)10(3)16/h4-6,8-10,16H,7H2,1-3H3. The summed E-state index contributed by atoms with van der Waals surface area (Å²) in [6, 6.07) is 1.94. The molecule has 0 aliphatic heterocycles. The number of nitrogens with zero attached hydrogens (tertiary/aromatic N) is 2. The van der Waals surface area contributed by atoms with Crippen LogP contribution < -0.4 is 0 Å². The average Bonchev–Trinajstić information content (AvgIpc) is 2.87. The number of thiazole rings is 1. The number of hydrogen-bond donors (Lipinski definition) is 1. The molecule has 2 heterocycles. The van der Waals surface area contributed by atoms with Crippen LogP contribution in [0.1, 0.15) is 49.1 Å². The van der Waals surface area contributed by atoms with Gasteiger partial charge in [-0.1, -0.05) is 13.8 Å². The van der Waals surface area contributed by atoms with E-state index in [1.54, 1.807) is 18.3 Å². The number of aliphatic hydroxyl groups excluding tert-OH is 1. The number of hydrogen-bond acceptors (Lipinski definition) is 3. The lowest BCUT2D eigenvalue weighted by Crippen LogP contribution is -1.98. The molecule has 2 aromatic rings. The molecule has 1 N–H and O–H groups in total. The van der Waals surface area contributed by atoms with Crippen molar-refractivity contribution in [1.82, 2.24) is 9.55 Å². The number of aliphatic hydroxyl groups is 1. The highest BCUT2D eigenvalue weighted by Gasteiger charge is 2.07. The quantitative estimate of drug-likeness (QED) is 0.905. The Balaban J connectivity index is 2.08. The molecule has 92 valence electrons. The normalized spacial score (nSPS) is 13.2. The molecule has 1 atom stereocenters. The van der Waals surface area contributed by atoms with E-state index >= 15 is 0 Å². The topological polar surface area (TPSA) is 38.0 Å². The molecule has 4 heteroatoms. The Bertz CT molecular complexity index is 441. The van der Waals surface area contributed by atoms with E-state index in [2.05, 4.69) is 28.8 Å². The third-order valence-electron chi connectivity index (χ3n) is 2.66. The second kappa shape index (κ2) is 5.02. The van der Waals surface area contributed by atoms with Gasteiger partial charge in [0.15, 0.2) is 0 Å². The Morgan fingerprint density at radius 3 is 2.71 bits per heavy atom. The van der Waals surface area contributed by atoms with Crippen LogP contribution in [-0.2, 0) is 6.54 Å². The third kappa shape index (κ3) is 2.96. The number of aromatic nitrogens is 2. The van der Waals surface area contributed by atoms with Gasteiger partial charge in [0, 0.05) is 23.7 Å². The third-order valence-corrected chi connectivity index (χ3v) is 3.86. The van der Waals surface area contributed by atoms with E-state index in [4.69, 9.17) is 0 Å². The summed E-state index contributed by atoms with van der Waals surface area (Å²) in [5.74, 6) is 0.492. The van der Waals surface area contributed by atoms with E-state index < -0.39 is 6.10 Å². The highest BCUT2D eigenvalue weighted by molar-refractivity contribution is 7.09. The Labute approximate surface area is 106 Å². The molecule has 0 saturated carbocycles. The van der Waals surface area contributed by atoms with Crippen molar-refractivity contribution in [2.45, 2.75) is 39.3 Å². The van der Waals surface area contributed by atoms with Crippen LogP contribution in [0.15, 0.2) is 23.8 Å². The van der Waals surface area contributed by atoms with Crippen LogP contribution in [0.2, 0.25) is 0 Å². The van der Waals surface area contributed by atoms with Crippen LogP contribution in [0, 0.1) is 0 Å². The van der Waals surface area contributed by atoms with Gasteiger partial charge in [0.2, 0.25) is 0 Å². The molecule has 0 amide bonds. The zero-order valence-corrected chi connectivity index (χ0v) is 11.2. The van der Waals surface area contributed by atoms with E-state index in [1.807, 2.05) is 18.5 Å². The molecule has 17 heavy (non-hydrogen) atoms. The lowest BCUT2D eigenvalue weighted by Gasteiger charge is -2.01. The van der Waals surface area contributed by atoms with Gasteiger partial charge in [-0.25, -0.2) is 4.98 Å². The molecule has 0 spiro atoms. The van der Waals surface area contributed by atoms with Crippen molar-refractivity contribution in [2.75, 3.05) is 0 Å². The van der Waals surface area contributed by atoms with Crippen molar-refractivity contribution in [2.24, 2.45) is 0 Å². The summed E-state index contributed by atoms with van der Waals surface area (Å²) in [5, 5.41) is 12.7. The second-order valence-electron chi connectivity index (χ2n) is 4.62. The molecular weight excluding hydrogens is 232 g/mol. The predicted octanol–water partition coefficient (Wildman–Crippen LogP) is 3.17. The van der Waals surface area contributed by atoms with Crippen molar-refractivity contribution in [1.29, 1.82) is 0 Å². The van der Waals surface area contributed by atoms with Crippen molar-refractivity contribution in [3.63, 3.8) is 0 Å². The lowest BCUT2D eigenvalue weighted by atomic mass is 10.2. The summed E-state index contributed by atoms with van der Waals surface area (Å²) in [5.41, 5.74) is 2.04. The molecule has 2 rings (SSSR count). The first-order chi connectivity index (χ1) is 8.06. The Hall–Kier alpha value is -1.13. The molecule has 0 aliphatic rings. The van der Waals surface area contributed by atoms with Crippen LogP contribution in [0.25, 0.3) is 0 Å². The van der Waals surface area contributed by atoms with Crippen LogP contribution in [0.3, 0.4) is 0 Å². The van der Waals surface area contributed by atoms with Gasteiger partial charge in [-0.3, -0.25) is 0 Å². The van der Waals surface area contributed by atoms with Gasteiger partial charge in [-0.2, -0.15) is 0 Å².